The molecule has 1 unspecified atom stereocenters. The number of benzene rings is 2. The van der Waals surface area contributed by atoms with Gasteiger partial charge in [0.15, 0.2) is 0 Å². The van der Waals surface area contributed by atoms with Crippen molar-refractivity contribution in [3.05, 3.63) is 65.5 Å². The van der Waals surface area contributed by atoms with Crippen LogP contribution in [0.5, 0.6) is 5.75 Å². The molecule has 0 bridgehead atoms. The lowest BCUT2D eigenvalue weighted by molar-refractivity contribution is -0.133. The van der Waals surface area contributed by atoms with E-state index in [0.717, 1.165) is 5.56 Å². The summed E-state index contributed by atoms with van der Waals surface area (Å²) < 4.78 is 19.5. The summed E-state index contributed by atoms with van der Waals surface area (Å²) in [5.74, 6) is -0.849. The van der Waals surface area contributed by atoms with Crippen molar-refractivity contribution in [1.82, 2.24) is 9.80 Å². The summed E-state index contributed by atoms with van der Waals surface area (Å²) in [6.07, 6.45) is 0.919. The van der Waals surface area contributed by atoms with Crippen molar-refractivity contribution in [2.24, 2.45) is 0 Å². The molecule has 0 spiro atoms. The Balaban J connectivity index is 1.84. The van der Waals surface area contributed by atoms with E-state index < -0.39 is 11.7 Å². The van der Waals surface area contributed by atoms with Crippen LogP contribution in [0.4, 0.5) is 4.39 Å². The van der Waals surface area contributed by atoms with E-state index in [1.165, 1.54) is 19.2 Å². The number of hydrogen-bond acceptors (Lipinski definition) is 3. The highest BCUT2D eigenvalue weighted by molar-refractivity contribution is 5.97. The van der Waals surface area contributed by atoms with Crippen molar-refractivity contribution in [2.45, 2.75) is 32.4 Å². The molecule has 1 fully saturated rings. The fourth-order valence-electron chi connectivity index (χ4n) is 3.59. The van der Waals surface area contributed by atoms with Crippen LogP contribution in [0.3, 0.4) is 0 Å². The van der Waals surface area contributed by atoms with Crippen LogP contribution in [-0.2, 0) is 11.3 Å². The van der Waals surface area contributed by atoms with Gasteiger partial charge in [-0.15, -0.1) is 0 Å². The molecule has 3 rings (SSSR count). The second-order valence-electron chi connectivity index (χ2n) is 6.89. The Kier molecular flexibility index (Phi) is 6.29. The zero-order valence-corrected chi connectivity index (χ0v) is 16.2. The second kappa shape index (κ2) is 8.87. The van der Waals surface area contributed by atoms with E-state index in [1.54, 1.807) is 11.0 Å². The van der Waals surface area contributed by atoms with Gasteiger partial charge in [-0.2, -0.15) is 0 Å². The molecule has 2 amide bonds. The zero-order valence-electron chi connectivity index (χ0n) is 16.2. The standard InChI is InChI=1S/C22H25FN2O3/c1-3-17-15-24(22(27)21-18(23)10-7-11-19(21)28-2)13-12-20(26)25(17)14-16-8-5-4-6-9-16/h4-11,17H,3,12-15H2,1-2H3. The molecule has 148 valence electrons. The van der Waals surface area contributed by atoms with Crippen molar-refractivity contribution >= 4 is 11.8 Å². The Morgan fingerprint density at radius 1 is 1.18 bits per heavy atom. The van der Waals surface area contributed by atoms with Crippen LogP contribution in [0.2, 0.25) is 0 Å². The average Bonchev–Trinajstić information content (AvgIpc) is 2.87. The molecule has 1 heterocycles. The number of ether oxygens (including phenoxy) is 1. The third-order valence-corrected chi connectivity index (χ3v) is 5.15. The number of amides is 2. The molecule has 5 nitrogen and oxygen atoms in total. The molecule has 1 aliphatic rings. The van der Waals surface area contributed by atoms with E-state index in [4.69, 9.17) is 4.74 Å². The first-order valence-electron chi connectivity index (χ1n) is 9.50. The van der Waals surface area contributed by atoms with Gasteiger partial charge in [-0.25, -0.2) is 4.39 Å². The van der Waals surface area contributed by atoms with Crippen molar-refractivity contribution in [2.75, 3.05) is 20.2 Å². The summed E-state index contributed by atoms with van der Waals surface area (Å²) >= 11 is 0. The Hall–Kier alpha value is -2.89. The first-order chi connectivity index (χ1) is 13.5. The summed E-state index contributed by atoms with van der Waals surface area (Å²) in [7, 11) is 1.41. The molecule has 2 aromatic rings. The van der Waals surface area contributed by atoms with Crippen molar-refractivity contribution < 1.29 is 18.7 Å². The minimum Gasteiger partial charge on any atom is -0.496 e. The maximum atomic E-state index is 14.4. The van der Waals surface area contributed by atoms with Crippen molar-refractivity contribution in [3.8, 4) is 5.75 Å². The minimum atomic E-state index is -0.617. The van der Waals surface area contributed by atoms with Gasteiger partial charge in [0.1, 0.15) is 17.1 Å². The minimum absolute atomic E-state index is 0.00602. The molecule has 0 radical (unpaired) electrons. The summed E-state index contributed by atoms with van der Waals surface area (Å²) in [6, 6.07) is 14.0. The van der Waals surface area contributed by atoms with Gasteiger partial charge in [-0.3, -0.25) is 9.59 Å². The lowest BCUT2D eigenvalue weighted by Crippen LogP contribution is -2.44. The topological polar surface area (TPSA) is 49.9 Å². The number of nitrogens with zero attached hydrogens (tertiary/aromatic N) is 2. The number of methoxy groups -OCH3 is 1. The molecule has 2 aromatic carbocycles. The predicted molar refractivity (Wildman–Crippen MR) is 105 cm³/mol. The largest absolute Gasteiger partial charge is 0.496 e. The Bertz CT molecular complexity index is 841. The second-order valence-corrected chi connectivity index (χ2v) is 6.89. The summed E-state index contributed by atoms with van der Waals surface area (Å²) in [4.78, 5) is 29.2. The third kappa shape index (κ3) is 4.16. The Morgan fingerprint density at radius 2 is 1.93 bits per heavy atom. The maximum absolute atomic E-state index is 14.4. The lowest BCUT2D eigenvalue weighted by Gasteiger charge is -2.31. The monoisotopic (exact) mass is 384 g/mol. The molecule has 1 saturated heterocycles. The van der Waals surface area contributed by atoms with Crippen LogP contribution in [0.1, 0.15) is 35.7 Å². The van der Waals surface area contributed by atoms with Crippen LogP contribution in [0.15, 0.2) is 48.5 Å². The number of carbonyl (C=O) groups excluding carboxylic acids is 2. The SMILES string of the molecule is CCC1CN(C(=O)c2c(F)cccc2OC)CCC(=O)N1Cc1ccccc1. The van der Waals surface area contributed by atoms with E-state index >= 15 is 0 Å². The normalized spacial score (nSPS) is 17.4. The molecule has 0 saturated carbocycles. The van der Waals surface area contributed by atoms with Crippen molar-refractivity contribution in [3.63, 3.8) is 0 Å². The van der Waals surface area contributed by atoms with Crippen LogP contribution in [-0.4, -0.2) is 47.9 Å². The molecule has 1 aliphatic heterocycles. The van der Waals surface area contributed by atoms with Crippen LogP contribution in [0, 0.1) is 5.82 Å². The number of hydrogen-bond donors (Lipinski definition) is 0. The fourth-order valence-corrected chi connectivity index (χ4v) is 3.59. The van der Waals surface area contributed by atoms with E-state index in [9.17, 15) is 14.0 Å². The molecule has 28 heavy (non-hydrogen) atoms. The quantitative estimate of drug-likeness (QED) is 0.793. The molecule has 0 N–H and O–H groups in total. The maximum Gasteiger partial charge on any atom is 0.260 e. The van der Waals surface area contributed by atoms with Crippen molar-refractivity contribution in [1.29, 1.82) is 0 Å². The van der Waals surface area contributed by atoms with Crippen LogP contribution >= 0.6 is 0 Å². The zero-order chi connectivity index (χ0) is 20.1. The average molecular weight is 384 g/mol. The van der Waals surface area contributed by atoms with E-state index in [0.29, 0.717) is 19.5 Å². The first-order valence-corrected chi connectivity index (χ1v) is 9.50. The number of rotatable bonds is 5. The van der Waals surface area contributed by atoms with Gasteiger partial charge in [0.05, 0.1) is 7.11 Å². The van der Waals surface area contributed by atoms with Crippen LogP contribution in [0.25, 0.3) is 0 Å². The van der Waals surface area contributed by atoms with Gasteiger partial charge in [0.25, 0.3) is 5.91 Å². The Labute approximate surface area is 164 Å². The molecular formula is C22H25FN2O3. The summed E-state index contributed by atoms with van der Waals surface area (Å²) in [5, 5.41) is 0. The molecule has 0 aliphatic carbocycles. The molecular weight excluding hydrogens is 359 g/mol. The van der Waals surface area contributed by atoms with E-state index in [-0.39, 0.29) is 36.2 Å². The Morgan fingerprint density at radius 3 is 2.61 bits per heavy atom. The highest BCUT2D eigenvalue weighted by atomic mass is 19.1. The molecule has 6 heteroatoms. The number of halogens is 1. The van der Waals surface area contributed by atoms with Gasteiger partial charge in [0.2, 0.25) is 5.91 Å². The van der Waals surface area contributed by atoms with Crippen LogP contribution < -0.4 is 4.74 Å². The third-order valence-electron chi connectivity index (χ3n) is 5.15. The summed E-state index contributed by atoms with van der Waals surface area (Å²) in [5.41, 5.74) is 0.966. The smallest absolute Gasteiger partial charge is 0.260 e. The summed E-state index contributed by atoms with van der Waals surface area (Å²) in [6.45, 7) is 3.12. The molecule has 0 aromatic heterocycles. The predicted octanol–water partition coefficient (Wildman–Crippen LogP) is 3.49. The van der Waals surface area contributed by atoms with E-state index in [2.05, 4.69) is 0 Å². The van der Waals surface area contributed by atoms with Gasteiger partial charge in [0, 0.05) is 32.1 Å². The highest BCUT2D eigenvalue weighted by Gasteiger charge is 2.32. The fraction of sp³-hybridized carbons (Fsp3) is 0.364. The lowest BCUT2D eigenvalue weighted by atomic mass is 10.1. The number of carbonyl (C=O) groups is 2. The highest BCUT2D eigenvalue weighted by Crippen LogP contribution is 2.25. The van der Waals surface area contributed by atoms with Gasteiger partial charge < -0.3 is 14.5 Å². The van der Waals surface area contributed by atoms with Gasteiger partial charge in [-0.05, 0) is 24.1 Å². The van der Waals surface area contributed by atoms with Gasteiger partial charge in [-0.1, -0.05) is 43.3 Å². The van der Waals surface area contributed by atoms with E-state index in [1.807, 2.05) is 42.2 Å². The van der Waals surface area contributed by atoms with Gasteiger partial charge >= 0.3 is 0 Å². The first kappa shape index (κ1) is 19.9. The molecule has 1 atom stereocenters.